The molecule has 1 heterocycles. The number of carbonyl (C=O) groups is 3. The van der Waals surface area contributed by atoms with Gasteiger partial charge in [-0.1, -0.05) is 22.9 Å². The summed E-state index contributed by atoms with van der Waals surface area (Å²) in [6.07, 6.45) is 3.88. The van der Waals surface area contributed by atoms with Gasteiger partial charge in [0.05, 0.1) is 11.8 Å². The number of anilines is 1. The molecule has 132 valence electrons. The Labute approximate surface area is 155 Å². The van der Waals surface area contributed by atoms with E-state index in [1.807, 2.05) is 25.1 Å². The van der Waals surface area contributed by atoms with Crippen LogP contribution in [-0.4, -0.2) is 29.2 Å². The number of fused-ring (bicyclic) bond motifs is 5. The quantitative estimate of drug-likeness (QED) is 0.784. The van der Waals surface area contributed by atoms with Crippen LogP contribution in [0.15, 0.2) is 22.7 Å². The van der Waals surface area contributed by atoms with Gasteiger partial charge in [-0.3, -0.25) is 19.3 Å². The third kappa shape index (κ3) is 2.71. The Morgan fingerprint density at radius 1 is 1.20 bits per heavy atom. The monoisotopic (exact) mass is 404 g/mol. The van der Waals surface area contributed by atoms with Crippen LogP contribution in [0.1, 0.15) is 31.7 Å². The fraction of sp³-hybridized carbons (Fsp3) is 0.526. The number of nitrogens with one attached hydrogen (secondary N) is 1. The van der Waals surface area contributed by atoms with Crippen LogP contribution >= 0.6 is 15.9 Å². The normalized spacial score (nSPS) is 30.1. The highest BCUT2D eigenvalue weighted by Crippen LogP contribution is 2.56. The molecule has 3 fully saturated rings. The zero-order valence-electron chi connectivity index (χ0n) is 14.1. The first-order chi connectivity index (χ1) is 12.0. The van der Waals surface area contributed by atoms with Crippen LogP contribution in [0.5, 0.6) is 0 Å². The molecule has 25 heavy (non-hydrogen) atoms. The Morgan fingerprint density at radius 3 is 2.44 bits per heavy atom. The fourth-order valence-corrected chi connectivity index (χ4v) is 5.34. The lowest BCUT2D eigenvalue weighted by atomic mass is 9.81. The highest BCUT2D eigenvalue weighted by molar-refractivity contribution is 9.10. The highest BCUT2D eigenvalue weighted by atomic mass is 79.9. The Morgan fingerprint density at radius 2 is 1.84 bits per heavy atom. The molecule has 2 aliphatic carbocycles. The number of rotatable bonds is 4. The minimum atomic E-state index is -0.314. The van der Waals surface area contributed by atoms with Crippen molar-refractivity contribution >= 4 is 39.3 Å². The highest BCUT2D eigenvalue weighted by Gasteiger charge is 2.60. The van der Waals surface area contributed by atoms with Gasteiger partial charge in [-0.05, 0) is 61.3 Å². The summed E-state index contributed by atoms with van der Waals surface area (Å²) in [5, 5.41) is 2.85. The van der Waals surface area contributed by atoms with Crippen molar-refractivity contribution in [3.8, 4) is 0 Å². The van der Waals surface area contributed by atoms with Gasteiger partial charge in [-0.25, -0.2) is 0 Å². The van der Waals surface area contributed by atoms with Crippen molar-refractivity contribution < 1.29 is 14.4 Å². The smallest absolute Gasteiger partial charge is 0.244 e. The molecule has 4 atom stereocenters. The van der Waals surface area contributed by atoms with Crippen molar-refractivity contribution in [2.75, 3.05) is 11.9 Å². The van der Waals surface area contributed by atoms with Crippen LogP contribution in [0.3, 0.4) is 0 Å². The van der Waals surface area contributed by atoms with Gasteiger partial charge in [0, 0.05) is 10.2 Å². The van der Waals surface area contributed by atoms with E-state index >= 15 is 0 Å². The third-order valence-corrected chi connectivity index (χ3v) is 6.54. The summed E-state index contributed by atoms with van der Waals surface area (Å²) in [5.41, 5.74) is 1.74. The van der Waals surface area contributed by atoms with Gasteiger partial charge in [-0.15, -0.1) is 0 Å². The summed E-state index contributed by atoms with van der Waals surface area (Å²) in [7, 11) is 0. The maximum Gasteiger partial charge on any atom is 0.244 e. The summed E-state index contributed by atoms with van der Waals surface area (Å²) < 4.78 is 0.954. The molecule has 1 N–H and O–H groups in total. The lowest BCUT2D eigenvalue weighted by Crippen LogP contribution is -2.39. The first-order valence-corrected chi connectivity index (χ1v) is 9.72. The summed E-state index contributed by atoms with van der Waals surface area (Å²) in [6.45, 7) is 1.84. The average Bonchev–Trinajstić information content (AvgIpc) is 3.26. The van der Waals surface area contributed by atoms with E-state index < -0.39 is 0 Å². The third-order valence-electron chi connectivity index (χ3n) is 6.04. The molecule has 6 heteroatoms. The van der Waals surface area contributed by atoms with Crippen molar-refractivity contribution in [3.63, 3.8) is 0 Å². The van der Waals surface area contributed by atoms with Crippen LogP contribution in [-0.2, 0) is 20.8 Å². The molecule has 5 nitrogen and oxygen atoms in total. The number of hydrogen-bond donors (Lipinski definition) is 1. The summed E-state index contributed by atoms with van der Waals surface area (Å²) in [4.78, 5) is 39.0. The molecular formula is C19H21BrN2O3. The van der Waals surface area contributed by atoms with Crippen LogP contribution in [0.2, 0.25) is 0 Å². The van der Waals surface area contributed by atoms with E-state index in [2.05, 4.69) is 21.2 Å². The second-order valence-corrected chi connectivity index (χ2v) is 8.27. The molecular weight excluding hydrogens is 384 g/mol. The molecule has 0 spiro atoms. The Balaban J connectivity index is 1.47. The molecule has 1 aromatic carbocycles. The van der Waals surface area contributed by atoms with Gasteiger partial charge < -0.3 is 5.32 Å². The number of carbonyl (C=O) groups excluding carboxylic acids is 3. The number of amides is 3. The van der Waals surface area contributed by atoms with Crippen molar-refractivity contribution in [2.24, 2.45) is 23.7 Å². The SMILES string of the molecule is CCc1cc(Br)ccc1NC(=O)CN1C(=O)[C@H]2[C@@H]3CC[C@H](C3)[C@@H]2C1=O. The van der Waals surface area contributed by atoms with Gasteiger partial charge in [0.2, 0.25) is 17.7 Å². The molecule has 0 unspecified atom stereocenters. The molecule has 3 amide bonds. The second-order valence-electron chi connectivity index (χ2n) is 7.35. The predicted molar refractivity (Wildman–Crippen MR) is 96.7 cm³/mol. The number of likely N-dealkylation sites (tertiary alicyclic amines) is 1. The molecule has 2 bridgehead atoms. The lowest BCUT2D eigenvalue weighted by Gasteiger charge is -2.19. The first-order valence-electron chi connectivity index (χ1n) is 8.93. The number of benzene rings is 1. The van der Waals surface area contributed by atoms with Gasteiger partial charge in [-0.2, -0.15) is 0 Å². The van der Waals surface area contributed by atoms with Gasteiger partial charge in [0.15, 0.2) is 0 Å². The molecule has 1 aliphatic heterocycles. The largest absolute Gasteiger partial charge is 0.324 e. The summed E-state index contributed by atoms with van der Waals surface area (Å²) in [6, 6.07) is 5.66. The zero-order valence-corrected chi connectivity index (χ0v) is 15.7. The molecule has 3 aliphatic rings. The Bertz CT molecular complexity index is 735. The Hall–Kier alpha value is -1.69. The molecule has 1 aromatic rings. The van der Waals surface area contributed by atoms with E-state index in [0.717, 1.165) is 41.4 Å². The number of hydrogen-bond acceptors (Lipinski definition) is 3. The van der Waals surface area contributed by atoms with E-state index in [1.165, 1.54) is 4.90 Å². The summed E-state index contributed by atoms with van der Waals surface area (Å²) in [5.74, 6) is -0.231. The van der Waals surface area contributed by atoms with E-state index in [4.69, 9.17) is 0 Å². The lowest BCUT2D eigenvalue weighted by molar-refractivity contribution is -0.143. The molecule has 0 radical (unpaired) electrons. The van der Waals surface area contributed by atoms with Crippen molar-refractivity contribution in [1.82, 2.24) is 4.90 Å². The topological polar surface area (TPSA) is 66.5 Å². The van der Waals surface area contributed by atoms with Gasteiger partial charge in [0.25, 0.3) is 0 Å². The van der Waals surface area contributed by atoms with Gasteiger partial charge >= 0.3 is 0 Å². The van der Waals surface area contributed by atoms with E-state index in [1.54, 1.807) is 0 Å². The molecule has 0 aromatic heterocycles. The second kappa shape index (κ2) is 6.24. The maximum absolute atomic E-state index is 12.7. The van der Waals surface area contributed by atoms with Crippen LogP contribution < -0.4 is 5.32 Å². The minimum Gasteiger partial charge on any atom is -0.324 e. The van der Waals surface area contributed by atoms with Gasteiger partial charge in [0.1, 0.15) is 6.54 Å². The number of halogens is 1. The minimum absolute atomic E-state index is 0.135. The van der Waals surface area contributed by atoms with E-state index in [0.29, 0.717) is 11.8 Å². The molecule has 2 saturated carbocycles. The average molecular weight is 405 g/mol. The number of imide groups is 1. The number of nitrogens with zero attached hydrogens (tertiary/aromatic N) is 1. The fourth-order valence-electron chi connectivity index (χ4n) is 4.94. The molecule has 4 rings (SSSR count). The first kappa shape index (κ1) is 16.8. The Kier molecular flexibility index (Phi) is 4.18. The van der Waals surface area contributed by atoms with E-state index in [-0.39, 0.29) is 36.1 Å². The maximum atomic E-state index is 12.7. The van der Waals surface area contributed by atoms with Crippen LogP contribution in [0, 0.1) is 23.7 Å². The predicted octanol–water partition coefficient (Wildman–Crippen LogP) is 2.98. The van der Waals surface area contributed by atoms with Crippen LogP contribution in [0.4, 0.5) is 5.69 Å². The summed E-state index contributed by atoms with van der Waals surface area (Å²) >= 11 is 3.42. The van der Waals surface area contributed by atoms with Crippen LogP contribution in [0.25, 0.3) is 0 Å². The number of aryl methyl sites for hydroxylation is 1. The zero-order chi connectivity index (χ0) is 17.7. The van der Waals surface area contributed by atoms with Crippen molar-refractivity contribution in [1.29, 1.82) is 0 Å². The van der Waals surface area contributed by atoms with Crippen molar-refractivity contribution in [3.05, 3.63) is 28.2 Å². The van der Waals surface area contributed by atoms with Crippen molar-refractivity contribution in [2.45, 2.75) is 32.6 Å². The molecule has 1 saturated heterocycles. The van der Waals surface area contributed by atoms with E-state index in [9.17, 15) is 14.4 Å². The standard InChI is InChI=1S/C19H21BrN2O3/c1-2-10-8-13(20)5-6-14(10)21-15(23)9-22-18(24)16-11-3-4-12(7-11)17(16)19(22)25/h5-6,8,11-12,16-17H,2-4,7,9H2,1H3,(H,21,23)/t11-,12-,16+,17+/m1/s1.